The van der Waals surface area contributed by atoms with Gasteiger partial charge >= 0.3 is 5.97 Å². The Morgan fingerprint density at radius 3 is 2.40 bits per heavy atom. The number of carbonyl (C=O) groups is 2. The molecular formula is C21H21ClN2O5S. The first-order valence-electron chi connectivity index (χ1n) is 9.25. The van der Waals surface area contributed by atoms with Crippen molar-refractivity contribution in [3.05, 3.63) is 65.2 Å². The second-order valence-corrected chi connectivity index (χ2v) is 9.11. The van der Waals surface area contributed by atoms with Gasteiger partial charge in [-0.1, -0.05) is 42.0 Å². The number of aryl methyl sites for hydroxylation is 1. The highest BCUT2D eigenvalue weighted by Crippen LogP contribution is 2.29. The molecule has 3 N–H and O–H groups in total. The molecule has 2 aromatic carbocycles. The summed E-state index contributed by atoms with van der Waals surface area (Å²) < 4.78 is 28.2. The molecular weight excluding hydrogens is 428 g/mol. The number of hydrogen-bond acceptors (Lipinski definition) is 4. The molecule has 0 saturated heterocycles. The first-order chi connectivity index (χ1) is 14.2. The molecule has 0 unspecified atom stereocenters. The summed E-state index contributed by atoms with van der Waals surface area (Å²) in [6, 6.07) is 11.0. The van der Waals surface area contributed by atoms with Crippen LogP contribution in [-0.4, -0.2) is 25.4 Å². The lowest BCUT2D eigenvalue weighted by Gasteiger charge is -2.24. The Kier molecular flexibility index (Phi) is 6.48. The number of sulfonamides is 1. The topological polar surface area (TPSA) is 113 Å². The van der Waals surface area contributed by atoms with Crippen LogP contribution in [0.15, 0.2) is 59.5 Å². The van der Waals surface area contributed by atoms with Gasteiger partial charge in [-0.3, -0.25) is 14.3 Å². The summed E-state index contributed by atoms with van der Waals surface area (Å²) in [5.74, 6) is -3.03. The molecule has 0 radical (unpaired) electrons. The average molecular weight is 449 g/mol. The number of allylic oxidation sites excluding steroid dienone is 2. The number of rotatable bonds is 6. The van der Waals surface area contributed by atoms with E-state index in [1.54, 1.807) is 55.5 Å². The molecule has 0 bridgehead atoms. The Morgan fingerprint density at radius 2 is 1.73 bits per heavy atom. The predicted molar refractivity (Wildman–Crippen MR) is 115 cm³/mol. The Labute approximate surface area is 179 Å². The smallest absolute Gasteiger partial charge is 0.307 e. The second-order valence-electron chi connectivity index (χ2n) is 7.05. The molecule has 0 heterocycles. The molecule has 30 heavy (non-hydrogen) atoms. The summed E-state index contributed by atoms with van der Waals surface area (Å²) in [6.07, 6.45) is 4.12. The Balaban J connectivity index is 1.84. The largest absolute Gasteiger partial charge is 0.481 e. The van der Waals surface area contributed by atoms with Gasteiger partial charge in [0.1, 0.15) is 0 Å². The van der Waals surface area contributed by atoms with Crippen LogP contribution in [0, 0.1) is 18.8 Å². The van der Waals surface area contributed by atoms with Crippen LogP contribution >= 0.6 is 11.6 Å². The lowest BCUT2D eigenvalue weighted by molar-refractivity contribution is -0.146. The van der Waals surface area contributed by atoms with Gasteiger partial charge in [0.05, 0.1) is 27.4 Å². The lowest BCUT2D eigenvalue weighted by Crippen LogP contribution is -2.34. The van der Waals surface area contributed by atoms with Gasteiger partial charge in [0.25, 0.3) is 10.0 Å². The Morgan fingerprint density at radius 1 is 1.07 bits per heavy atom. The van der Waals surface area contributed by atoms with Crippen molar-refractivity contribution in [1.29, 1.82) is 0 Å². The zero-order valence-corrected chi connectivity index (χ0v) is 17.7. The van der Waals surface area contributed by atoms with Crippen LogP contribution < -0.4 is 10.0 Å². The van der Waals surface area contributed by atoms with E-state index in [0.29, 0.717) is 12.0 Å². The van der Waals surface area contributed by atoms with E-state index in [1.807, 2.05) is 0 Å². The van der Waals surface area contributed by atoms with Crippen molar-refractivity contribution < 1.29 is 23.1 Å². The summed E-state index contributed by atoms with van der Waals surface area (Å²) in [7, 11) is -3.96. The van der Waals surface area contributed by atoms with E-state index in [1.165, 1.54) is 6.07 Å². The number of anilines is 2. The first-order valence-corrected chi connectivity index (χ1v) is 11.1. The average Bonchev–Trinajstić information content (AvgIpc) is 2.71. The number of para-hydroxylation sites is 1. The van der Waals surface area contributed by atoms with E-state index in [-0.39, 0.29) is 27.7 Å². The van der Waals surface area contributed by atoms with Crippen molar-refractivity contribution in [1.82, 2.24) is 0 Å². The molecule has 3 rings (SSSR count). The SMILES string of the molecule is Cc1ccc(NC(=O)[C@@H]2CC=CC[C@@H]2C(=O)O)cc1S(=O)(=O)Nc1ccccc1Cl. The monoisotopic (exact) mass is 448 g/mol. The van der Waals surface area contributed by atoms with E-state index in [0.717, 1.165) is 0 Å². The fraction of sp³-hybridized carbons (Fsp3) is 0.238. The Bertz CT molecular complexity index is 1110. The predicted octanol–water partition coefficient (Wildman–Crippen LogP) is 4.05. The standard InChI is InChI=1S/C21H21ClN2O5S/c1-13-10-11-14(23-20(25)15-6-2-3-7-16(15)21(26)27)12-19(13)30(28,29)24-18-9-5-4-8-17(18)22/h2-5,8-12,15-16,24H,6-7H2,1H3,(H,23,25)(H,26,27)/t15-,16+/m1/s1. The number of halogens is 1. The van der Waals surface area contributed by atoms with Crippen molar-refractivity contribution in [2.75, 3.05) is 10.0 Å². The van der Waals surface area contributed by atoms with Gasteiger partial charge in [-0.2, -0.15) is 0 Å². The molecule has 7 nitrogen and oxygen atoms in total. The molecule has 0 saturated carbocycles. The Hall–Kier alpha value is -2.84. The maximum Gasteiger partial charge on any atom is 0.307 e. The number of benzene rings is 2. The fourth-order valence-corrected chi connectivity index (χ4v) is 4.91. The highest BCUT2D eigenvalue weighted by Gasteiger charge is 2.34. The first kappa shape index (κ1) is 21.9. The zero-order chi connectivity index (χ0) is 21.9. The highest BCUT2D eigenvalue weighted by atomic mass is 35.5. The summed E-state index contributed by atoms with van der Waals surface area (Å²) in [6.45, 7) is 1.64. The number of hydrogen-bond donors (Lipinski definition) is 3. The van der Waals surface area contributed by atoms with Gasteiger partial charge in [-0.15, -0.1) is 0 Å². The molecule has 0 aliphatic heterocycles. The maximum absolute atomic E-state index is 12.9. The minimum absolute atomic E-state index is 0.0152. The second kappa shape index (κ2) is 8.89. The van der Waals surface area contributed by atoms with Gasteiger partial charge < -0.3 is 10.4 Å². The van der Waals surface area contributed by atoms with Crippen LogP contribution in [0.4, 0.5) is 11.4 Å². The number of aliphatic carboxylic acids is 1. The van der Waals surface area contributed by atoms with Crippen molar-refractivity contribution >= 4 is 44.9 Å². The lowest BCUT2D eigenvalue weighted by atomic mass is 9.82. The van der Waals surface area contributed by atoms with Crippen LogP contribution in [0.5, 0.6) is 0 Å². The number of amides is 1. The number of carboxylic acid groups (broad SMARTS) is 1. The van der Waals surface area contributed by atoms with Gasteiger partial charge in [-0.25, -0.2) is 8.42 Å². The molecule has 158 valence electrons. The maximum atomic E-state index is 12.9. The van der Waals surface area contributed by atoms with Gasteiger partial charge in [0.2, 0.25) is 5.91 Å². The van der Waals surface area contributed by atoms with Crippen molar-refractivity contribution in [2.24, 2.45) is 11.8 Å². The summed E-state index contributed by atoms with van der Waals surface area (Å²) in [4.78, 5) is 24.1. The molecule has 2 aromatic rings. The minimum atomic E-state index is -3.96. The fourth-order valence-electron chi connectivity index (χ4n) is 3.32. The molecule has 2 atom stereocenters. The number of carbonyl (C=O) groups excluding carboxylic acids is 1. The van der Waals surface area contributed by atoms with Crippen LogP contribution in [0.2, 0.25) is 5.02 Å². The molecule has 1 aliphatic rings. The van der Waals surface area contributed by atoms with E-state index >= 15 is 0 Å². The molecule has 1 aliphatic carbocycles. The third-order valence-corrected chi connectivity index (χ3v) is 6.79. The molecule has 0 spiro atoms. The zero-order valence-electron chi connectivity index (χ0n) is 16.1. The van der Waals surface area contributed by atoms with E-state index in [9.17, 15) is 23.1 Å². The third-order valence-electron chi connectivity index (χ3n) is 4.95. The molecule has 9 heteroatoms. The summed E-state index contributed by atoms with van der Waals surface area (Å²) in [5, 5.41) is 12.3. The van der Waals surface area contributed by atoms with Gasteiger partial charge in [0.15, 0.2) is 0 Å². The van der Waals surface area contributed by atoms with E-state index < -0.39 is 33.7 Å². The van der Waals surface area contributed by atoms with Crippen LogP contribution in [0.25, 0.3) is 0 Å². The number of carboxylic acids is 1. The van der Waals surface area contributed by atoms with Gasteiger partial charge in [-0.05, 0) is 49.6 Å². The van der Waals surface area contributed by atoms with E-state index in [4.69, 9.17) is 11.6 Å². The minimum Gasteiger partial charge on any atom is -0.481 e. The van der Waals surface area contributed by atoms with Crippen molar-refractivity contribution in [3.63, 3.8) is 0 Å². The summed E-state index contributed by atoms with van der Waals surface area (Å²) >= 11 is 6.05. The number of nitrogens with one attached hydrogen (secondary N) is 2. The third kappa shape index (κ3) is 4.83. The highest BCUT2D eigenvalue weighted by molar-refractivity contribution is 7.92. The van der Waals surface area contributed by atoms with Gasteiger partial charge in [0, 0.05) is 5.69 Å². The molecule has 0 aromatic heterocycles. The van der Waals surface area contributed by atoms with Crippen molar-refractivity contribution in [3.8, 4) is 0 Å². The quantitative estimate of drug-likeness (QED) is 0.577. The summed E-state index contributed by atoms with van der Waals surface area (Å²) in [5.41, 5.74) is 0.992. The van der Waals surface area contributed by atoms with Crippen LogP contribution in [0.3, 0.4) is 0 Å². The van der Waals surface area contributed by atoms with E-state index in [2.05, 4.69) is 10.0 Å². The van der Waals surface area contributed by atoms with Crippen molar-refractivity contribution in [2.45, 2.75) is 24.7 Å². The van der Waals surface area contributed by atoms with Crippen LogP contribution in [-0.2, 0) is 19.6 Å². The molecule has 1 amide bonds. The molecule has 0 fully saturated rings. The van der Waals surface area contributed by atoms with Crippen LogP contribution in [0.1, 0.15) is 18.4 Å². The normalized spacial score (nSPS) is 18.6.